The molecule has 0 aliphatic rings. The molecule has 0 bridgehead atoms. The number of methoxy groups -OCH3 is 1. The molecule has 104 valence electrons. The van der Waals surface area contributed by atoms with Crippen molar-refractivity contribution in [3.05, 3.63) is 40.3 Å². The quantitative estimate of drug-likeness (QED) is 0.879. The number of aromatic nitrogens is 3. The molecule has 1 N–H and O–H groups in total. The number of pyridine rings is 1. The zero-order chi connectivity index (χ0) is 14.7. The van der Waals surface area contributed by atoms with E-state index in [9.17, 15) is 4.79 Å². The minimum absolute atomic E-state index is 0.0827. The van der Waals surface area contributed by atoms with Gasteiger partial charge in [0.2, 0.25) is 11.8 Å². The van der Waals surface area contributed by atoms with E-state index in [0.29, 0.717) is 11.3 Å². The van der Waals surface area contributed by atoms with Crippen LogP contribution in [0.25, 0.3) is 0 Å². The molecule has 0 atom stereocenters. The molecule has 0 radical (unpaired) electrons. The molecular formula is C13H13ClN4O2. The van der Waals surface area contributed by atoms with E-state index in [0.717, 1.165) is 5.69 Å². The van der Waals surface area contributed by atoms with Gasteiger partial charge in [0.05, 0.1) is 18.4 Å². The molecule has 2 rings (SSSR count). The minimum Gasteiger partial charge on any atom is -0.481 e. The molecule has 0 fully saturated rings. The summed E-state index contributed by atoms with van der Waals surface area (Å²) in [6.07, 6.45) is 0. The zero-order valence-electron chi connectivity index (χ0n) is 11.3. The molecule has 2 aromatic heterocycles. The molecule has 0 aliphatic carbocycles. The Bertz CT molecular complexity index is 661. The second kappa shape index (κ2) is 5.83. The van der Waals surface area contributed by atoms with E-state index >= 15 is 0 Å². The maximum Gasteiger partial charge on any atom is 0.259 e. The smallest absolute Gasteiger partial charge is 0.259 e. The van der Waals surface area contributed by atoms with Gasteiger partial charge in [-0.2, -0.15) is 4.98 Å². The number of aryl methyl sites for hydroxylation is 2. The number of carbonyl (C=O) groups excluding carboxylic acids is 1. The van der Waals surface area contributed by atoms with Crippen LogP contribution in [0, 0.1) is 13.8 Å². The van der Waals surface area contributed by atoms with Crippen LogP contribution in [-0.2, 0) is 0 Å². The van der Waals surface area contributed by atoms with Crippen LogP contribution in [-0.4, -0.2) is 28.0 Å². The van der Waals surface area contributed by atoms with E-state index in [1.54, 1.807) is 19.1 Å². The molecule has 0 saturated carbocycles. The lowest BCUT2D eigenvalue weighted by Crippen LogP contribution is -2.16. The van der Waals surface area contributed by atoms with Gasteiger partial charge >= 0.3 is 0 Å². The Kier molecular flexibility index (Phi) is 4.14. The third-order valence-electron chi connectivity index (χ3n) is 2.58. The van der Waals surface area contributed by atoms with Crippen molar-refractivity contribution in [1.29, 1.82) is 0 Å². The molecule has 6 nitrogen and oxygen atoms in total. The molecule has 1 amide bonds. The van der Waals surface area contributed by atoms with Crippen molar-refractivity contribution >= 4 is 23.5 Å². The third-order valence-corrected chi connectivity index (χ3v) is 2.77. The van der Waals surface area contributed by atoms with E-state index in [1.165, 1.54) is 13.2 Å². The van der Waals surface area contributed by atoms with E-state index in [1.807, 2.05) is 6.92 Å². The predicted molar refractivity (Wildman–Crippen MR) is 75.3 cm³/mol. The van der Waals surface area contributed by atoms with Gasteiger partial charge in [0.1, 0.15) is 5.15 Å². The van der Waals surface area contributed by atoms with Crippen molar-refractivity contribution in [3.8, 4) is 5.88 Å². The van der Waals surface area contributed by atoms with Crippen molar-refractivity contribution in [2.24, 2.45) is 0 Å². The van der Waals surface area contributed by atoms with E-state index in [-0.39, 0.29) is 22.9 Å². The molecule has 2 heterocycles. The number of nitrogens with one attached hydrogen (secondary N) is 1. The lowest BCUT2D eigenvalue weighted by atomic mass is 10.2. The van der Waals surface area contributed by atoms with E-state index in [2.05, 4.69) is 20.3 Å². The average molecular weight is 293 g/mol. The number of amides is 1. The Labute approximate surface area is 121 Å². The summed E-state index contributed by atoms with van der Waals surface area (Å²) in [7, 11) is 1.46. The van der Waals surface area contributed by atoms with Crippen LogP contribution in [0.1, 0.15) is 21.7 Å². The van der Waals surface area contributed by atoms with Crippen LogP contribution in [0.4, 0.5) is 5.95 Å². The number of anilines is 1. The van der Waals surface area contributed by atoms with Gasteiger partial charge in [0.25, 0.3) is 5.91 Å². The SMILES string of the molecule is COc1cc(Cl)nc(NC(=O)c2ccc(C)nc2C)n1. The highest BCUT2D eigenvalue weighted by Gasteiger charge is 2.13. The van der Waals surface area contributed by atoms with Gasteiger partial charge in [-0.1, -0.05) is 11.6 Å². The van der Waals surface area contributed by atoms with Crippen molar-refractivity contribution in [1.82, 2.24) is 15.0 Å². The van der Waals surface area contributed by atoms with Crippen LogP contribution in [0.5, 0.6) is 5.88 Å². The summed E-state index contributed by atoms with van der Waals surface area (Å²) in [6.45, 7) is 3.63. The highest BCUT2D eigenvalue weighted by atomic mass is 35.5. The average Bonchev–Trinajstić information content (AvgIpc) is 2.37. The first-order valence-corrected chi connectivity index (χ1v) is 6.21. The third kappa shape index (κ3) is 3.21. The van der Waals surface area contributed by atoms with Gasteiger partial charge in [0, 0.05) is 11.8 Å². The topological polar surface area (TPSA) is 77.0 Å². The Morgan fingerprint density at radius 1 is 1.25 bits per heavy atom. The summed E-state index contributed by atoms with van der Waals surface area (Å²) >= 11 is 5.82. The minimum atomic E-state index is -0.348. The molecule has 20 heavy (non-hydrogen) atoms. The van der Waals surface area contributed by atoms with Crippen molar-refractivity contribution < 1.29 is 9.53 Å². The molecule has 7 heteroatoms. The number of carbonyl (C=O) groups is 1. The largest absolute Gasteiger partial charge is 0.481 e. The first-order valence-electron chi connectivity index (χ1n) is 5.84. The van der Waals surface area contributed by atoms with Crippen LogP contribution in [0.3, 0.4) is 0 Å². The first kappa shape index (κ1) is 14.2. The molecule has 0 aliphatic heterocycles. The fourth-order valence-corrected chi connectivity index (χ4v) is 1.83. The van der Waals surface area contributed by atoms with Gasteiger partial charge in [-0.3, -0.25) is 15.1 Å². The fraction of sp³-hybridized carbons (Fsp3) is 0.231. The summed E-state index contributed by atoms with van der Waals surface area (Å²) in [4.78, 5) is 24.3. The highest BCUT2D eigenvalue weighted by molar-refractivity contribution is 6.29. The van der Waals surface area contributed by atoms with Crippen LogP contribution in [0.2, 0.25) is 5.15 Å². The Morgan fingerprint density at radius 3 is 2.65 bits per heavy atom. The van der Waals surface area contributed by atoms with Gasteiger partial charge in [0.15, 0.2) is 0 Å². The first-order chi connectivity index (χ1) is 9.49. The molecule has 0 unspecified atom stereocenters. The Morgan fingerprint density at radius 2 is 2.00 bits per heavy atom. The fourth-order valence-electron chi connectivity index (χ4n) is 1.65. The second-order valence-corrected chi connectivity index (χ2v) is 4.48. The Balaban J connectivity index is 2.25. The van der Waals surface area contributed by atoms with Crippen molar-refractivity contribution in [3.63, 3.8) is 0 Å². The summed E-state index contributed by atoms with van der Waals surface area (Å²) in [5, 5.41) is 2.75. The van der Waals surface area contributed by atoms with Crippen molar-refractivity contribution in [2.75, 3.05) is 12.4 Å². The molecule has 0 aromatic carbocycles. The number of hydrogen-bond donors (Lipinski definition) is 1. The summed E-state index contributed by atoms with van der Waals surface area (Å²) in [6, 6.07) is 4.92. The summed E-state index contributed by atoms with van der Waals surface area (Å²) < 4.78 is 4.96. The second-order valence-electron chi connectivity index (χ2n) is 4.10. The predicted octanol–water partition coefficient (Wildman–Crippen LogP) is 2.40. The maximum atomic E-state index is 12.1. The van der Waals surface area contributed by atoms with Gasteiger partial charge in [-0.15, -0.1) is 0 Å². The molecule has 2 aromatic rings. The van der Waals surface area contributed by atoms with Crippen LogP contribution >= 0.6 is 11.6 Å². The lowest BCUT2D eigenvalue weighted by Gasteiger charge is -2.07. The highest BCUT2D eigenvalue weighted by Crippen LogP contribution is 2.16. The van der Waals surface area contributed by atoms with E-state index in [4.69, 9.17) is 16.3 Å². The maximum absolute atomic E-state index is 12.1. The lowest BCUT2D eigenvalue weighted by molar-refractivity contribution is 0.102. The number of halogens is 1. The van der Waals surface area contributed by atoms with Gasteiger partial charge in [-0.05, 0) is 26.0 Å². The molecule has 0 spiro atoms. The summed E-state index contributed by atoms with van der Waals surface area (Å²) in [5.41, 5.74) is 1.94. The van der Waals surface area contributed by atoms with E-state index < -0.39 is 0 Å². The number of rotatable bonds is 3. The Hall–Kier alpha value is -2.21. The van der Waals surface area contributed by atoms with Crippen LogP contribution in [0.15, 0.2) is 18.2 Å². The number of ether oxygens (including phenoxy) is 1. The molecule has 0 saturated heterocycles. The summed E-state index contributed by atoms with van der Waals surface area (Å²) in [5.74, 6) is 0.0118. The normalized spacial score (nSPS) is 10.2. The zero-order valence-corrected chi connectivity index (χ0v) is 12.0. The van der Waals surface area contributed by atoms with Crippen molar-refractivity contribution in [2.45, 2.75) is 13.8 Å². The van der Waals surface area contributed by atoms with Gasteiger partial charge < -0.3 is 4.74 Å². The molecular weight excluding hydrogens is 280 g/mol. The number of nitrogens with zero attached hydrogens (tertiary/aromatic N) is 3. The number of hydrogen-bond acceptors (Lipinski definition) is 5. The standard InChI is InChI=1S/C13H13ClN4O2/c1-7-4-5-9(8(2)15-7)12(19)18-13-16-10(14)6-11(17-13)20-3/h4-6H,1-3H3,(H,16,17,18,19). The monoisotopic (exact) mass is 292 g/mol. The van der Waals surface area contributed by atoms with Crippen LogP contribution < -0.4 is 10.1 Å². The van der Waals surface area contributed by atoms with Gasteiger partial charge in [-0.25, -0.2) is 4.98 Å².